The summed E-state index contributed by atoms with van der Waals surface area (Å²) >= 11 is 0. The predicted molar refractivity (Wildman–Crippen MR) is 174 cm³/mol. The van der Waals surface area contributed by atoms with Crippen LogP contribution in [0.2, 0.25) is 0 Å². The molecule has 1 N–H and O–H groups in total. The lowest BCUT2D eigenvalue weighted by molar-refractivity contribution is -0.149. The quantitative estimate of drug-likeness (QED) is 0.190. The van der Waals surface area contributed by atoms with Crippen LogP contribution in [0.1, 0.15) is 35.2 Å². The molecule has 0 aliphatic carbocycles. The van der Waals surface area contributed by atoms with E-state index in [1.54, 1.807) is 4.90 Å². The van der Waals surface area contributed by atoms with E-state index in [0.717, 1.165) is 33.0 Å². The zero-order valence-corrected chi connectivity index (χ0v) is 25.1. The van der Waals surface area contributed by atoms with Crippen molar-refractivity contribution in [1.29, 1.82) is 0 Å². The summed E-state index contributed by atoms with van der Waals surface area (Å²) < 4.78 is 0. The van der Waals surface area contributed by atoms with Gasteiger partial charge in [0.2, 0.25) is 5.91 Å². The van der Waals surface area contributed by atoms with E-state index in [1.165, 1.54) is 9.80 Å². The van der Waals surface area contributed by atoms with Crippen LogP contribution in [0.15, 0.2) is 133 Å². The molecule has 0 spiro atoms. The lowest BCUT2D eigenvalue weighted by atomic mass is 9.96. The summed E-state index contributed by atoms with van der Waals surface area (Å²) in [4.78, 5) is 46.7. The molecule has 0 bridgehead atoms. The van der Waals surface area contributed by atoms with Crippen LogP contribution in [0.3, 0.4) is 0 Å². The van der Waals surface area contributed by atoms with E-state index in [1.807, 2.05) is 140 Å². The Bertz CT molecular complexity index is 1790. The van der Waals surface area contributed by atoms with Gasteiger partial charge < -0.3 is 19.8 Å². The summed E-state index contributed by atoms with van der Waals surface area (Å²) in [6.07, 6.45) is 0. The topological polar surface area (TPSA) is 81.2 Å². The third-order valence-electron chi connectivity index (χ3n) is 8.58. The first-order chi connectivity index (χ1) is 21.9. The lowest BCUT2D eigenvalue weighted by Crippen LogP contribution is -2.53. The second-order valence-corrected chi connectivity index (χ2v) is 11.4. The van der Waals surface area contributed by atoms with Crippen molar-refractivity contribution in [3.8, 4) is 0 Å². The molecule has 1 aliphatic heterocycles. The van der Waals surface area contributed by atoms with Crippen molar-refractivity contribution in [1.82, 2.24) is 14.7 Å². The van der Waals surface area contributed by atoms with Crippen molar-refractivity contribution in [3.63, 3.8) is 0 Å². The number of rotatable bonds is 10. The number of carboxylic acid groups (broad SMARTS) is 1. The highest BCUT2D eigenvalue weighted by Gasteiger charge is 2.54. The van der Waals surface area contributed by atoms with Gasteiger partial charge in [-0.05, 0) is 39.9 Å². The third-order valence-corrected chi connectivity index (χ3v) is 8.58. The van der Waals surface area contributed by atoms with Crippen molar-refractivity contribution in [2.45, 2.75) is 44.7 Å². The Labute approximate surface area is 262 Å². The summed E-state index contributed by atoms with van der Waals surface area (Å²) in [5.41, 5.74) is 3.45. The van der Waals surface area contributed by atoms with Crippen LogP contribution in [0.4, 0.5) is 4.79 Å². The first-order valence-electron chi connectivity index (χ1n) is 15.1. The maximum atomic E-state index is 15.0. The predicted octanol–water partition coefficient (Wildman–Crippen LogP) is 6.89. The van der Waals surface area contributed by atoms with Crippen LogP contribution in [0.25, 0.3) is 10.8 Å². The van der Waals surface area contributed by atoms with Crippen molar-refractivity contribution in [2.24, 2.45) is 0 Å². The van der Waals surface area contributed by atoms with Crippen LogP contribution in [-0.4, -0.2) is 49.8 Å². The highest BCUT2D eigenvalue weighted by Crippen LogP contribution is 2.34. The van der Waals surface area contributed by atoms with Gasteiger partial charge >= 0.3 is 12.0 Å². The molecule has 1 fully saturated rings. The van der Waals surface area contributed by atoms with E-state index in [9.17, 15) is 14.7 Å². The second kappa shape index (κ2) is 13.1. The fourth-order valence-electron chi connectivity index (χ4n) is 6.31. The maximum absolute atomic E-state index is 15.0. The normalized spacial score (nSPS) is 17.0. The molecule has 6 rings (SSSR count). The molecule has 45 heavy (non-hydrogen) atoms. The summed E-state index contributed by atoms with van der Waals surface area (Å²) in [7, 11) is 0. The minimum atomic E-state index is -1.38. The highest BCUT2D eigenvalue weighted by atomic mass is 16.4. The Morgan fingerprint density at radius 3 is 1.73 bits per heavy atom. The van der Waals surface area contributed by atoms with E-state index in [-0.39, 0.29) is 19.6 Å². The number of carbonyl (C=O) groups excluding carboxylic acids is 2. The Hall–Kier alpha value is -5.43. The molecule has 0 saturated carbocycles. The number of hydrogen-bond donors (Lipinski definition) is 1. The Kier molecular flexibility index (Phi) is 8.60. The van der Waals surface area contributed by atoms with Gasteiger partial charge in [0, 0.05) is 19.6 Å². The molecule has 7 heteroatoms. The number of benzene rings is 5. The Morgan fingerprint density at radius 2 is 1.16 bits per heavy atom. The number of fused-ring (bicyclic) bond motifs is 1. The zero-order chi connectivity index (χ0) is 31.3. The van der Waals surface area contributed by atoms with E-state index < -0.39 is 36.0 Å². The molecule has 0 radical (unpaired) electrons. The van der Waals surface area contributed by atoms with Gasteiger partial charge in [0.15, 0.2) is 6.04 Å². The number of urea groups is 1. The fraction of sp³-hybridized carbons (Fsp3) is 0.184. The standard InChI is InChI=1S/C38H35N3O4/c1-27(32-23-13-21-31-20-11-12-22-33(31)32)39(24-28-14-5-2-6-15-28)36(42)34-35(37(43)44)41(26-30-18-9-4-10-19-30)38(45)40(34)25-29-16-7-3-8-17-29/h2-23,27,34-35H,24-26H2,1H3,(H,43,44)/t27?,34-,35+/m0/s1. The van der Waals surface area contributed by atoms with Gasteiger partial charge in [0.1, 0.15) is 6.04 Å². The van der Waals surface area contributed by atoms with Gasteiger partial charge in [-0.25, -0.2) is 9.59 Å². The third kappa shape index (κ3) is 6.15. The summed E-state index contributed by atoms with van der Waals surface area (Å²) in [5.74, 6) is -1.63. The molecular formula is C38H35N3O4. The smallest absolute Gasteiger partial charge is 0.329 e. The molecule has 1 aliphatic rings. The number of nitrogens with zero attached hydrogens (tertiary/aromatic N) is 3. The molecule has 0 aromatic heterocycles. The van der Waals surface area contributed by atoms with Crippen LogP contribution in [0.5, 0.6) is 0 Å². The largest absolute Gasteiger partial charge is 0.480 e. The zero-order valence-electron chi connectivity index (χ0n) is 25.1. The summed E-state index contributed by atoms with van der Waals surface area (Å²) in [6.45, 7) is 2.40. The van der Waals surface area contributed by atoms with Crippen LogP contribution in [-0.2, 0) is 29.2 Å². The molecule has 226 valence electrons. The first-order valence-corrected chi connectivity index (χ1v) is 15.1. The van der Waals surface area contributed by atoms with Crippen molar-refractivity contribution < 1.29 is 19.5 Å². The molecule has 3 atom stereocenters. The molecule has 1 unspecified atom stereocenters. The summed E-state index contributed by atoms with van der Waals surface area (Å²) in [6, 6.07) is 38.8. The van der Waals surface area contributed by atoms with Crippen LogP contribution in [0, 0.1) is 0 Å². The number of amides is 3. The molecule has 7 nitrogen and oxygen atoms in total. The second-order valence-electron chi connectivity index (χ2n) is 11.4. The Morgan fingerprint density at radius 1 is 0.667 bits per heavy atom. The molecular weight excluding hydrogens is 562 g/mol. The molecule has 1 saturated heterocycles. The van der Waals surface area contributed by atoms with E-state index in [0.29, 0.717) is 0 Å². The van der Waals surface area contributed by atoms with Crippen molar-refractivity contribution in [2.75, 3.05) is 0 Å². The van der Waals surface area contributed by atoms with Crippen LogP contribution < -0.4 is 0 Å². The van der Waals surface area contributed by atoms with Gasteiger partial charge in [-0.1, -0.05) is 133 Å². The van der Waals surface area contributed by atoms with E-state index in [2.05, 4.69) is 0 Å². The van der Waals surface area contributed by atoms with Gasteiger partial charge in [0.25, 0.3) is 0 Å². The van der Waals surface area contributed by atoms with Crippen LogP contribution >= 0.6 is 0 Å². The minimum absolute atomic E-state index is 0.0727. The monoisotopic (exact) mass is 597 g/mol. The van der Waals surface area contributed by atoms with Gasteiger partial charge in [-0.15, -0.1) is 0 Å². The molecule has 5 aromatic carbocycles. The average molecular weight is 598 g/mol. The minimum Gasteiger partial charge on any atom is -0.480 e. The maximum Gasteiger partial charge on any atom is 0.329 e. The van der Waals surface area contributed by atoms with E-state index >= 15 is 4.79 Å². The van der Waals surface area contributed by atoms with Crippen molar-refractivity contribution >= 4 is 28.7 Å². The molecule has 5 aromatic rings. The Balaban J connectivity index is 1.45. The summed E-state index contributed by atoms with van der Waals surface area (Å²) in [5, 5.41) is 12.7. The first kappa shape index (κ1) is 29.6. The van der Waals surface area contributed by atoms with Crippen molar-refractivity contribution in [3.05, 3.63) is 156 Å². The lowest BCUT2D eigenvalue weighted by Gasteiger charge is -2.35. The van der Waals surface area contributed by atoms with Gasteiger partial charge in [-0.3, -0.25) is 4.79 Å². The number of hydrogen-bond acceptors (Lipinski definition) is 3. The highest BCUT2D eigenvalue weighted by molar-refractivity contribution is 5.99. The molecule has 3 amide bonds. The fourth-order valence-corrected chi connectivity index (χ4v) is 6.31. The van der Waals surface area contributed by atoms with E-state index in [4.69, 9.17) is 0 Å². The number of aliphatic carboxylic acids is 1. The molecule has 1 heterocycles. The number of carboxylic acids is 1. The van der Waals surface area contributed by atoms with Gasteiger partial charge in [-0.2, -0.15) is 0 Å². The average Bonchev–Trinajstić information content (AvgIpc) is 3.34. The SMILES string of the molecule is CC(c1cccc2ccccc12)N(Cc1ccccc1)C(=O)[C@@H]1[C@H](C(=O)O)N(Cc2ccccc2)C(=O)N1Cc1ccccc1. The van der Waals surface area contributed by atoms with Gasteiger partial charge in [0.05, 0.1) is 6.04 Å². The number of carbonyl (C=O) groups is 3.